The lowest BCUT2D eigenvalue weighted by atomic mass is 10.1. The zero-order chi connectivity index (χ0) is 13.1. The van der Waals surface area contributed by atoms with Crippen molar-refractivity contribution in [2.45, 2.75) is 20.3 Å². The maximum atomic E-state index is 13.3. The number of benzene rings is 1. The molecule has 1 N–H and O–H groups in total. The van der Waals surface area contributed by atoms with Crippen molar-refractivity contribution in [2.75, 3.05) is 5.75 Å². The van der Waals surface area contributed by atoms with Crippen molar-refractivity contribution in [2.24, 2.45) is 0 Å². The summed E-state index contributed by atoms with van der Waals surface area (Å²) in [4.78, 5) is 11.6. The number of carbonyl (C=O) groups excluding carboxylic acids is 1. The number of halogens is 1. The van der Waals surface area contributed by atoms with E-state index in [-0.39, 0.29) is 11.3 Å². The van der Waals surface area contributed by atoms with Gasteiger partial charge in [0.15, 0.2) is 0 Å². The number of sulfonamides is 1. The monoisotopic (exact) mass is 259 g/mol. The number of hydrogen-bond acceptors (Lipinski definition) is 3. The van der Waals surface area contributed by atoms with E-state index < -0.39 is 21.7 Å². The largest absolute Gasteiger partial charge is 0.268 e. The van der Waals surface area contributed by atoms with Crippen LogP contribution in [0.5, 0.6) is 0 Å². The zero-order valence-electron chi connectivity index (χ0n) is 9.66. The van der Waals surface area contributed by atoms with Gasteiger partial charge in [0.2, 0.25) is 10.0 Å². The average Bonchev–Trinajstić information content (AvgIpc) is 2.20. The van der Waals surface area contributed by atoms with Crippen molar-refractivity contribution in [1.29, 1.82) is 0 Å². The smallest absolute Gasteiger partial charge is 0.267 e. The number of nitrogens with one attached hydrogen (secondary N) is 1. The molecule has 0 bridgehead atoms. The fraction of sp³-hybridized carbons (Fsp3) is 0.364. The Morgan fingerprint density at radius 3 is 2.65 bits per heavy atom. The Morgan fingerprint density at radius 2 is 2.06 bits per heavy atom. The summed E-state index contributed by atoms with van der Waals surface area (Å²) in [5, 5.41) is 0. The normalized spacial score (nSPS) is 11.2. The molecule has 1 amide bonds. The van der Waals surface area contributed by atoms with Crippen molar-refractivity contribution in [3.63, 3.8) is 0 Å². The van der Waals surface area contributed by atoms with E-state index in [1.54, 1.807) is 13.8 Å². The molecule has 4 nitrogen and oxygen atoms in total. The first-order valence-corrected chi connectivity index (χ1v) is 6.82. The molecular weight excluding hydrogens is 245 g/mol. The van der Waals surface area contributed by atoms with E-state index in [2.05, 4.69) is 0 Å². The van der Waals surface area contributed by atoms with Gasteiger partial charge in [0, 0.05) is 0 Å². The third kappa shape index (κ3) is 3.81. The number of hydrogen-bond donors (Lipinski definition) is 1. The molecule has 0 unspecified atom stereocenters. The van der Waals surface area contributed by atoms with Crippen LogP contribution in [0.3, 0.4) is 0 Å². The molecule has 1 aromatic rings. The van der Waals surface area contributed by atoms with Crippen LogP contribution in [-0.2, 0) is 10.0 Å². The minimum Gasteiger partial charge on any atom is -0.268 e. The summed E-state index contributed by atoms with van der Waals surface area (Å²) in [5.41, 5.74) is 0.425. The summed E-state index contributed by atoms with van der Waals surface area (Å²) in [6.07, 6.45) is 0.388. The van der Waals surface area contributed by atoms with E-state index >= 15 is 0 Å². The van der Waals surface area contributed by atoms with Crippen molar-refractivity contribution in [3.05, 3.63) is 35.1 Å². The first-order valence-electron chi connectivity index (χ1n) is 5.16. The fourth-order valence-corrected chi connectivity index (χ4v) is 2.36. The quantitative estimate of drug-likeness (QED) is 0.893. The number of rotatable bonds is 4. The van der Waals surface area contributed by atoms with Crippen LogP contribution < -0.4 is 4.72 Å². The van der Waals surface area contributed by atoms with Gasteiger partial charge in [-0.15, -0.1) is 0 Å². The lowest BCUT2D eigenvalue weighted by Gasteiger charge is -2.07. The molecule has 0 aliphatic rings. The molecule has 0 aliphatic carbocycles. The number of carbonyl (C=O) groups is 1. The third-order valence-electron chi connectivity index (χ3n) is 2.09. The molecule has 0 saturated carbocycles. The highest BCUT2D eigenvalue weighted by Gasteiger charge is 2.18. The van der Waals surface area contributed by atoms with E-state index in [9.17, 15) is 17.6 Å². The van der Waals surface area contributed by atoms with E-state index in [1.807, 2.05) is 4.72 Å². The first kappa shape index (κ1) is 13.6. The molecule has 17 heavy (non-hydrogen) atoms. The first-order chi connectivity index (χ1) is 7.85. The van der Waals surface area contributed by atoms with Crippen molar-refractivity contribution < 1.29 is 17.6 Å². The standard InChI is InChI=1S/C11H14FNO3S/c1-3-6-17(15,16)13-11(14)9-7-8(2)4-5-10(9)12/h4-5,7H,3,6H2,1-2H3,(H,13,14). The summed E-state index contributed by atoms with van der Waals surface area (Å²) in [6.45, 7) is 3.37. The molecule has 0 atom stereocenters. The molecule has 6 heteroatoms. The van der Waals surface area contributed by atoms with Crippen molar-refractivity contribution in [1.82, 2.24) is 4.72 Å². The predicted octanol–water partition coefficient (Wildman–Crippen LogP) is 1.60. The van der Waals surface area contributed by atoms with E-state index in [4.69, 9.17) is 0 Å². The van der Waals surface area contributed by atoms with Crippen LogP contribution in [0.15, 0.2) is 18.2 Å². The molecular formula is C11H14FNO3S. The van der Waals surface area contributed by atoms with Gasteiger partial charge in [0.05, 0.1) is 11.3 Å². The van der Waals surface area contributed by atoms with Crippen LogP contribution >= 0.6 is 0 Å². The van der Waals surface area contributed by atoms with Crippen LogP contribution in [0.2, 0.25) is 0 Å². The van der Waals surface area contributed by atoms with Crippen LogP contribution in [-0.4, -0.2) is 20.1 Å². The molecule has 0 aromatic heterocycles. The summed E-state index contributed by atoms with van der Waals surface area (Å²) in [6, 6.07) is 3.95. The number of aryl methyl sites for hydroxylation is 1. The summed E-state index contributed by atoms with van der Waals surface area (Å²) >= 11 is 0. The van der Waals surface area contributed by atoms with Gasteiger partial charge in [-0.1, -0.05) is 18.6 Å². The van der Waals surface area contributed by atoms with Crippen molar-refractivity contribution >= 4 is 15.9 Å². The summed E-state index contributed by atoms with van der Waals surface area (Å²) in [7, 11) is -3.67. The molecule has 0 heterocycles. The SMILES string of the molecule is CCCS(=O)(=O)NC(=O)c1cc(C)ccc1F. The van der Waals surface area contributed by atoms with Gasteiger partial charge >= 0.3 is 0 Å². The number of amides is 1. The minimum atomic E-state index is -3.67. The Bertz CT molecular complexity index is 526. The van der Waals surface area contributed by atoms with Crippen LogP contribution in [0, 0.1) is 12.7 Å². The Labute approximate surface area is 99.9 Å². The second kappa shape index (κ2) is 5.27. The second-order valence-electron chi connectivity index (χ2n) is 3.73. The van der Waals surface area contributed by atoms with Crippen LogP contribution in [0.25, 0.3) is 0 Å². The highest BCUT2D eigenvalue weighted by molar-refractivity contribution is 7.90. The Kier molecular flexibility index (Phi) is 4.22. The Morgan fingerprint density at radius 1 is 1.41 bits per heavy atom. The van der Waals surface area contributed by atoms with Gasteiger partial charge in [-0.25, -0.2) is 17.5 Å². The minimum absolute atomic E-state index is 0.161. The molecule has 0 aliphatic heterocycles. The molecule has 0 spiro atoms. The van der Waals surface area contributed by atoms with Crippen LogP contribution in [0.1, 0.15) is 29.3 Å². The van der Waals surface area contributed by atoms with Gasteiger partial charge in [-0.3, -0.25) is 4.79 Å². The van der Waals surface area contributed by atoms with Crippen molar-refractivity contribution in [3.8, 4) is 0 Å². The molecule has 94 valence electrons. The summed E-state index contributed by atoms with van der Waals surface area (Å²) in [5.74, 6) is -1.83. The average molecular weight is 259 g/mol. The second-order valence-corrected chi connectivity index (χ2v) is 5.58. The highest BCUT2D eigenvalue weighted by Crippen LogP contribution is 2.10. The maximum absolute atomic E-state index is 13.3. The fourth-order valence-electron chi connectivity index (χ4n) is 1.33. The molecule has 1 rings (SSSR count). The topological polar surface area (TPSA) is 63.2 Å². The van der Waals surface area contributed by atoms with Gasteiger partial charge in [-0.05, 0) is 25.5 Å². The highest BCUT2D eigenvalue weighted by atomic mass is 32.2. The Hall–Kier alpha value is -1.43. The summed E-state index contributed by atoms with van der Waals surface area (Å²) < 4.78 is 37.9. The van der Waals surface area contributed by atoms with Gasteiger partial charge < -0.3 is 0 Å². The van der Waals surface area contributed by atoms with E-state index in [0.29, 0.717) is 12.0 Å². The zero-order valence-corrected chi connectivity index (χ0v) is 10.5. The van der Waals surface area contributed by atoms with Gasteiger partial charge in [-0.2, -0.15) is 0 Å². The van der Waals surface area contributed by atoms with E-state index in [0.717, 1.165) is 6.07 Å². The van der Waals surface area contributed by atoms with Gasteiger partial charge in [0.1, 0.15) is 5.82 Å². The maximum Gasteiger partial charge on any atom is 0.267 e. The lowest BCUT2D eigenvalue weighted by molar-refractivity contribution is 0.0977. The molecule has 0 radical (unpaired) electrons. The molecule has 0 fully saturated rings. The van der Waals surface area contributed by atoms with Crippen LogP contribution in [0.4, 0.5) is 4.39 Å². The predicted molar refractivity (Wildman–Crippen MR) is 62.7 cm³/mol. The molecule has 1 aromatic carbocycles. The lowest BCUT2D eigenvalue weighted by Crippen LogP contribution is -2.33. The third-order valence-corrected chi connectivity index (χ3v) is 3.53. The Balaban J connectivity index is 2.94. The van der Waals surface area contributed by atoms with Gasteiger partial charge in [0.25, 0.3) is 5.91 Å². The van der Waals surface area contributed by atoms with E-state index in [1.165, 1.54) is 12.1 Å². The molecule has 0 saturated heterocycles.